The van der Waals surface area contributed by atoms with Crippen LogP contribution in [-0.2, 0) is 22.4 Å². The number of rotatable bonds is 7. The number of likely N-dealkylation sites (N-methyl/N-ethyl adjacent to an activating group) is 1. The van der Waals surface area contributed by atoms with Crippen LogP contribution >= 0.6 is 0 Å². The van der Waals surface area contributed by atoms with Gasteiger partial charge >= 0.3 is 0 Å². The molecule has 0 radical (unpaired) electrons. The SMILES string of the molecule is CCN1CCN(C(=O)Cc2ccc(OC)cc2)[C@H](Cc2ccc(-c3cccnc3)cc2)C1=O. The minimum absolute atomic E-state index is 0.0168. The number of benzene rings is 2. The molecule has 170 valence electrons. The van der Waals surface area contributed by atoms with E-state index in [-0.39, 0.29) is 18.2 Å². The predicted molar refractivity (Wildman–Crippen MR) is 128 cm³/mol. The standard InChI is InChI=1S/C27H29N3O3/c1-3-29-15-16-30(26(31)18-21-8-12-24(33-2)13-9-21)25(27(29)32)17-20-6-10-22(11-7-20)23-5-4-14-28-19-23/h4-14,19,25H,3,15-18H2,1-2H3/t25-/m1/s1. The Morgan fingerprint density at radius 2 is 1.73 bits per heavy atom. The molecule has 0 unspecified atom stereocenters. The molecule has 0 bridgehead atoms. The number of methoxy groups -OCH3 is 1. The minimum atomic E-state index is -0.492. The van der Waals surface area contributed by atoms with Gasteiger partial charge in [0, 0.05) is 38.4 Å². The summed E-state index contributed by atoms with van der Waals surface area (Å²) in [7, 11) is 1.62. The lowest BCUT2D eigenvalue weighted by Crippen LogP contribution is -2.59. The zero-order valence-corrected chi connectivity index (χ0v) is 19.1. The molecule has 0 aliphatic carbocycles. The third kappa shape index (κ3) is 5.22. The molecule has 1 aliphatic rings. The third-order valence-corrected chi connectivity index (χ3v) is 6.18. The number of ether oxygens (including phenoxy) is 1. The predicted octanol–water partition coefficient (Wildman–Crippen LogP) is 3.60. The van der Waals surface area contributed by atoms with Gasteiger partial charge in [0.15, 0.2) is 0 Å². The summed E-state index contributed by atoms with van der Waals surface area (Å²) in [4.78, 5) is 34.2. The molecule has 2 heterocycles. The molecule has 1 aromatic heterocycles. The topological polar surface area (TPSA) is 62.7 Å². The summed E-state index contributed by atoms with van der Waals surface area (Å²) in [5, 5.41) is 0. The number of carbonyl (C=O) groups is 2. The van der Waals surface area contributed by atoms with Crippen LogP contribution < -0.4 is 4.74 Å². The summed E-state index contributed by atoms with van der Waals surface area (Å²) < 4.78 is 5.20. The van der Waals surface area contributed by atoms with Gasteiger partial charge in [0.1, 0.15) is 11.8 Å². The van der Waals surface area contributed by atoms with E-state index in [1.165, 1.54) is 0 Å². The summed E-state index contributed by atoms with van der Waals surface area (Å²) in [5.41, 5.74) is 4.06. The molecule has 1 atom stereocenters. The average molecular weight is 444 g/mol. The Labute approximate surface area is 194 Å². The van der Waals surface area contributed by atoms with Crippen molar-refractivity contribution in [2.45, 2.75) is 25.8 Å². The number of piperazine rings is 1. The van der Waals surface area contributed by atoms with E-state index in [1.807, 2.05) is 78.7 Å². The number of amides is 2. The molecule has 33 heavy (non-hydrogen) atoms. The number of hydrogen-bond donors (Lipinski definition) is 0. The first kappa shape index (κ1) is 22.5. The number of hydrogen-bond acceptors (Lipinski definition) is 4. The van der Waals surface area contributed by atoms with Crippen LogP contribution in [0.5, 0.6) is 5.75 Å². The maximum absolute atomic E-state index is 13.2. The highest BCUT2D eigenvalue weighted by Gasteiger charge is 2.36. The minimum Gasteiger partial charge on any atom is -0.497 e. The van der Waals surface area contributed by atoms with Gasteiger partial charge in [-0.1, -0.05) is 42.5 Å². The summed E-state index contributed by atoms with van der Waals surface area (Å²) in [6, 6.07) is 19.1. The van der Waals surface area contributed by atoms with Crippen LogP contribution in [0.3, 0.4) is 0 Å². The van der Waals surface area contributed by atoms with Crippen molar-refractivity contribution in [1.82, 2.24) is 14.8 Å². The van der Waals surface area contributed by atoms with Crippen LogP contribution in [0, 0.1) is 0 Å². The Hall–Kier alpha value is -3.67. The zero-order chi connectivity index (χ0) is 23.2. The van der Waals surface area contributed by atoms with E-state index in [1.54, 1.807) is 18.2 Å². The van der Waals surface area contributed by atoms with Crippen molar-refractivity contribution in [3.05, 3.63) is 84.2 Å². The highest BCUT2D eigenvalue weighted by Crippen LogP contribution is 2.22. The molecular formula is C27H29N3O3. The van der Waals surface area contributed by atoms with E-state index in [0.29, 0.717) is 26.1 Å². The number of pyridine rings is 1. The van der Waals surface area contributed by atoms with Gasteiger partial charge in [-0.25, -0.2) is 0 Å². The Balaban J connectivity index is 1.51. The lowest BCUT2D eigenvalue weighted by molar-refractivity contribution is -0.150. The lowest BCUT2D eigenvalue weighted by Gasteiger charge is -2.40. The van der Waals surface area contributed by atoms with Crippen molar-refractivity contribution in [3.8, 4) is 16.9 Å². The first-order chi connectivity index (χ1) is 16.1. The second-order valence-corrected chi connectivity index (χ2v) is 8.19. The molecule has 2 aromatic carbocycles. The Bertz CT molecular complexity index is 1080. The van der Waals surface area contributed by atoms with Gasteiger partial charge in [-0.2, -0.15) is 0 Å². The third-order valence-electron chi connectivity index (χ3n) is 6.18. The smallest absolute Gasteiger partial charge is 0.245 e. The van der Waals surface area contributed by atoms with Gasteiger partial charge in [-0.3, -0.25) is 14.6 Å². The van der Waals surface area contributed by atoms with Crippen LogP contribution in [0.4, 0.5) is 0 Å². The van der Waals surface area contributed by atoms with Gasteiger partial charge in [0.25, 0.3) is 0 Å². The molecule has 3 aromatic rings. The second kappa shape index (κ2) is 10.3. The molecule has 1 aliphatic heterocycles. The van der Waals surface area contributed by atoms with Crippen molar-refractivity contribution in [3.63, 3.8) is 0 Å². The Morgan fingerprint density at radius 3 is 2.36 bits per heavy atom. The maximum Gasteiger partial charge on any atom is 0.245 e. The van der Waals surface area contributed by atoms with Gasteiger partial charge in [0.2, 0.25) is 11.8 Å². The van der Waals surface area contributed by atoms with Crippen molar-refractivity contribution >= 4 is 11.8 Å². The fourth-order valence-corrected chi connectivity index (χ4v) is 4.26. The molecule has 4 rings (SSSR count). The quantitative estimate of drug-likeness (QED) is 0.560. The van der Waals surface area contributed by atoms with Crippen LogP contribution in [0.25, 0.3) is 11.1 Å². The molecule has 1 fully saturated rings. The van der Waals surface area contributed by atoms with Gasteiger partial charge in [-0.15, -0.1) is 0 Å². The van der Waals surface area contributed by atoms with Crippen molar-refractivity contribution in [1.29, 1.82) is 0 Å². The van der Waals surface area contributed by atoms with Crippen molar-refractivity contribution in [2.75, 3.05) is 26.7 Å². The first-order valence-corrected chi connectivity index (χ1v) is 11.3. The van der Waals surface area contributed by atoms with Gasteiger partial charge in [-0.05, 0) is 47.4 Å². The van der Waals surface area contributed by atoms with Crippen LogP contribution in [0.15, 0.2) is 73.1 Å². The molecule has 0 N–H and O–H groups in total. The van der Waals surface area contributed by atoms with E-state index in [4.69, 9.17) is 4.74 Å². The van der Waals surface area contributed by atoms with E-state index in [2.05, 4.69) is 4.98 Å². The van der Waals surface area contributed by atoms with Crippen LogP contribution in [0.2, 0.25) is 0 Å². The maximum atomic E-state index is 13.2. The highest BCUT2D eigenvalue weighted by molar-refractivity contribution is 5.90. The molecule has 0 spiro atoms. The van der Waals surface area contributed by atoms with E-state index >= 15 is 0 Å². The highest BCUT2D eigenvalue weighted by atomic mass is 16.5. The van der Waals surface area contributed by atoms with Crippen molar-refractivity contribution < 1.29 is 14.3 Å². The molecule has 6 heteroatoms. The molecule has 0 saturated carbocycles. The molecular weight excluding hydrogens is 414 g/mol. The van der Waals surface area contributed by atoms with Crippen molar-refractivity contribution in [2.24, 2.45) is 0 Å². The molecule has 2 amide bonds. The van der Waals surface area contributed by atoms with E-state index in [9.17, 15) is 9.59 Å². The summed E-state index contributed by atoms with van der Waals surface area (Å²) in [6.45, 7) is 3.75. The fraction of sp³-hybridized carbons (Fsp3) is 0.296. The zero-order valence-electron chi connectivity index (χ0n) is 19.1. The fourth-order valence-electron chi connectivity index (χ4n) is 4.26. The summed E-state index contributed by atoms with van der Waals surface area (Å²) in [5.74, 6) is 0.745. The molecule has 6 nitrogen and oxygen atoms in total. The monoisotopic (exact) mass is 443 g/mol. The Morgan fingerprint density at radius 1 is 1.00 bits per heavy atom. The number of carbonyl (C=O) groups excluding carboxylic acids is 2. The lowest BCUT2D eigenvalue weighted by atomic mass is 9.98. The second-order valence-electron chi connectivity index (χ2n) is 8.19. The Kier molecular flexibility index (Phi) is 7.03. The number of aromatic nitrogens is 1. The number of nitrogens with zero attached hydrogens (tertiary/aromatic N) is 3. The van der Waals surface area contributed by atoms with Crippen LogP contribution in [0.1, 0.15) is 18.1 Å². The van der Waals surface area contributed by atoms with Crippen LogP contribution in [-0.4, -0.2) is 59.4 Å². The largest absolute Gasteiger partial charge is 0.497 e. The van der Waals surface area contributed by atoms with E-state index in [0.717, 1.165) is 28.0 Å². The van der Waals surface area contributed by atoms with Gasteiger partial charge in [0.05, 0.1) is 13.5 Å². The molecule has 1 saturated heterocycles. The summed E-state index contributed by atoms with van der Waals surface area (Å²) >= 11 is 0. The average Bonchev–Trinajstić information content (AvgIpc) is 2.86. The first-order valence-electron chi connectivity index (χ1n) is 11.3. The van der Waals surface area contributed by atoms with E-state index < -0.39 is 6.04 Å². The summed E-state index contributed by atoms with van der Waals surface area (Å²) in [6.07, 6.45) is 4.35. The normalized spacial score (nSPS) is 16.1. The van der Waals surface area contributed by atoms with Gasteiger partial charge < -0.3 is 14.5 Å².